The third-order valence-corrected chi connectivity index (χ3v) is 5.00. The van der Waals surface area contributed by atoms with Gasteiger partial charge in [0.2, 0.25) is 0 Å². The van der Waals surface area contributed by atoms with Crippen LogP contribution in [-0.4, -0.2) is 34.1 Å². The first-order valence-corrected chi connectivity index (χ1v) is 7.79. The van der Waals surface area contributed by atoms with Gasteiger partial charge in [-0.1, -0.05) is 15.9 Å². The van der Waals surface area contributed by atoms with Crippen LogP contribution in [-0.2, 0) is 0 Å². The first-order valence-electron chi connectivity index (χ1n) is 6.55. The van der Waals surface area contributed by atoms with Crippen molar-refractivity contribution in [2.24, 2.45) is 0 Å². The predicted octanol–water partition coefficient (Wildman–Crippen LogP) is 2.87. The molecule has 19 heavy (non-hydrogen) atoms. The van der Waals surface area contributed by atoms with Gasteiger partial charge < -0.3 is 10.0 Å². The van der Waals surface area contributed by atoms with E-state index in [2.05, 4.69) is 28.6 Å². The maximum Gasteiger partial charge on any atom is 0.255 e. The van der Waals surface area contributed by atoms with Gasteiger partial charge in [0.05, 0.1) is 11.7 Å². The second-order valence-corrected chi connectivity index (χ2v) is 6.78. The molecule has 102 valence electrons. The first-order chi connectivity index (χ1) is 9.06. The highest BCUT2D eigenvalue weighted by Gasteiger charge is 2.43. The molecule has 1 aromatic carbocycles. The van der Waals surface area contributed by atoms with Crippen LogP contribution in [0.2, 0.25) is 0 Å². The molecular weight excluding hydrogens is 326 g/mol. The highest BCUT2D eigenvalue weighted by Crippen LogP contribution is 2.37. The summed E-state index contributed by atoms with van der Waals surface area (Å²) in [5.74, 6) is 0.0527. The molecular formula is C14H16BrNO2S. The Bertz CT molecular complexity index is 508. The molecule has 2 atom stereocenters. The van der Waals surface area contributed by atoms with Crippen molar-refractivity contribution < 1.29 is 9.90 Å². The van der Waals surface area contributed by atoms with Gasteiger partial charge in [0.1, 0.15) is 0 Å². The van der Waals surface area contributed by atoms with Gasteiger partial charge in [-0.25, -0.2) is 0 Å². The molecule has 3 rings (SSSR count). The van der Waals surface area contributed by atoms with Gasteiger partial charge in [0, 0.05) is 21.5 Å². The maximum atomic E-state index is 12.7. The van der Waals surface area contributed by atoms with Crippen LogP contribution in [0.25, 0.3) is 0 Å². The molecule has 1 N–H and O–H groups in total. The van der Waals surface area contributed by atoms with E-state index in [0.29, 0.717) is 23.3 Å². The van der Waals surface area contributed by atoms with E-state index < -0.39 is 0 Å². The number of halogens is 1. The van der Waals surface area contributed by atoms with Gasteiger partial charge in [-0.05, 0) is 43.9 Å². The summed E-state index contributed by atoms with van der Waals surface area (Å²) in [5.41, 5.74) is 0.653. The number of carbonyl (C=O) groups is 1. The summed E-state index contributed by atoms with van der Waals surface area (Å²) in [6.45, 7) is 0. The van der Waals surface area contributed by atoms with Crippen molar-refractivity contribution >= 4 is 34.5 Å². The van der Waals surface area contributed by atoms with Crippen molar-refractivity contribution in [1.82, 2.24) is 4.90 Å². The van der Waals surface area contributed by atoms with Crippen molar-refractivity contribution in [3.05, 3.63) is 28.2 Å². The lowest BCUT2D eigenvalue weighted by atomic mass is 9.98. The molecule has 1 amide bonds. The molecule has 0 aromatic heterocycles. The lowest BCUT2D eigenvalue weighted by Gasteiger charge is -2.37. The second kappa shape index (κ2) is 5.11. The highest BCUT2D eigenvalue weighted by atomic mass is 79.9. The molecule has 3 nitrogen and oxygen atoms in total. The molecule has 1 aromatic rings. The molecule has 2 bridgehead atoms. The number of nitrogens with zero attached hydrogens (tertiary/aromatic N) is 1. The molecule has 2 fully saturated rings. The summed E-state index contributed by atoms with van der Waals surface area (Å²) in [5, 5.41) is 9.79. The van der Waals surface area contributed by atoms with Gasteiger partial charge in [-0.2, -0.15) is 0 Å². The molecule has 0 radical (unpaired) electrons. The summed E-state index contributed by atoms with van der Waals surface area (Å²) in [7, 11) is 0. The minimum absolute atomic E-state index is 0.0527. The number of amides is 1. The van der Waals surface area contributed by atoms with E-state index in [0.717, 1.165) is 17.3 Å². The average Bonchev–Trinajstić information content (AvgIpc) is 2.61. The number of hydrogen-bond acceptors (Lipinski definition) is 3. The van der Waals surface area contributed by atoms with E-state index in [4.69, 9.17) is 0 Å². The molecule has 0 spiro atoms. The quantitative estimate of drug-likeness (QED) is 0.771. The van der Waals surface area contributed by atoms with Crippen LogP contribution < -0.4 is 0 Å². The summed E-state index contributed by atoms with van der Waals surface area (Å²) >= 11 is 7.78. The molecule has 2 saturated heterocycles. The van der Waals surface area contributed by atoms with Gasteiger partial charge in [-0.15, -0.1) is 12.6 Å². The average molecular weight is 342 g/mol. The van der Waals surface area contributed by atoms with Gasteiger partial charge >= 0.3 is 0 Å². The Kier molecular flexibility index (Phi) is 3.62. The van der Waals surface area contributed by atoms with Crippen LogP contribution in [0, 0.1) is 0 Å². The van der Waals surface area contributed by atoms with Crippen LogP contribution in [0.3, 0.4) is 0 Å². The number of aliphatic hydroxyl groups excluding tert-OH is 1. The van der Waals surface area contributed by atoms with E-state index in [-0.39, 0.29) is 24.1 Å². The first kappa shape index (κ1) is 13.5. The Labute approximate surface area is 126 Å². The zero-order chi connectivity index (χ0) is 13.6. The summed E-state index contributed by atoms with van der Waals surface area (Å²) in [4.78, 5) is 15.3. The standard InChI is InChI=1S/C14H16BrNO2S/c15-8-1-4-12(13(19)5-8)14(18)16-9-2-3-10(16)7-11(17)6-9/h1,4-5,9-11,17,19H,2-3,6-7H2. The fraction of sp³-hybridized carbons (Fsp3) is 0.500. The Morgan fingerprint density at radius 3 is 2.53 bits per heavy atom. The van der Waals surface area contributed by atoms with Gasteiger partial charge in [0.25, 0.3) is 5.91 Å². The highest BCUT2D eigenvalue weighted by molar-refractivity contribution is 9.10. The fourth-order valence-electron chi connectivity index (χ4n) is 3.30. The number of aliphatic hydroxyl groups is 1. The molecule has 0 aliphatic carbocycles. The zero-order valence-electron chi connectivity index (χ0n) is 10.4. The number of rotatable bonds is 1. The topological polar surface area (TPSA) is 40.5 Å². The summed E-state index contributed by atoms with van der Waals surface area (Å²) < 4.78 is 0.922. The monoisotopic (exact) mass is 341 g/mol. The minimum atomic E-state index is -0.248. The normalized spacial score (nSPS) is 29.6. The zero-order valence-corrected chi connectivity index (χ0v) is 12.9. The van der Waals surface area contributed by atoms with Crippen LogP contribution in [0.1, 0.15) is 36.0 Å². The number of hydrogen-bond donors (Lipinski definition) is 2. The van der Waals surface area contributed by atoms with Crippen LogP contribution in [0.15, 0.2) is 27.6 Å². The largest absolute Gasteiger partial charge is 0.393 e. The maximum absolute atomic E-state index is 12.7. The number of piperidine rings is 1. The van der Waals surface area contributed by atoms with Crippen LogP contribution in [0.4, 0.5) is 0 Å². The fourth-order valence-corrected chi connectivity index (χ4v) is 4.15. The van der Waals surface area contributed by atoms with Crippen molar-refractivity contribution in [3.63, 3.8) is 0 Å². The van der Waals surface area contributed by atoms with Crippen molar-refractivity contribution in [1.29, 1.82) is 0 Å². The molecule has 2 aliphatic heterocycles. The van der Waals surface area contributed by atoms with Gasteiger partial charge in [0.15, 0.2) is 0 Å². The number of carbonyl (C=O) groups excluding carboxylic acids is 1. The Morgan fingerprint density at radius 1 is 1.32 bits per heavy atom. The Balaban J connectivity index is 1.88. The molecule has 2 unspecified atom stereocenters. The van der Waals surface area contributed by atoms with E-state index >= 15 is 0 Å². The predicted molar refractivity (Wildman–Crippen MR) is 79.6 cm³/mol. The van der Waals surface area contributed by atoms with Crippen molar-refractivity contribution in [2.75, 3.05) is 0 Å². The van der Waals surface area contributed by atoms with Crippen molar-refractivity contribution in [2.45, 2.75) is 48.8 Å². The van der Waals surface area contributed by atoms with Crippen LogP contribution in [0.5, 0.6) is 0 Å². The minimum Gasteiger partial charge on any atom is -0.393 e. The third kappa shape index (κ3) is 2.43. The number of fused-ring (bicyclic) bond motifs is 2. The second-order valence-electron chi connectivity index (χ2n) is 5.38. The van der Waals surface area contributed by atoms with Gasteiger partial charge in [-0.3, -0.25) is 4.79 Å². The Morgan fingerprint density at radius 2 is 1.95 bits per heavy atom. The smallest absolute Gasteiger partial charge is 0.255 e. The summed E-state index contributed by atoms with van der Waals surface area (Å²) in [6, 6.07) is 5.92. The van der Waals surface area contributed by atoms with Crippen LogP contribution >= 0.6 is 28.6 Å². The van der Waals surface area contributed by atoms with E-state index in [1.54, 1.807) is 0 Å². The summed E-state index contributed by atoms with van der Waals surface area (Å²) in [6.07, 6.45) is 3.18. The number of thiol groups is 1. The molecule has 2 heterocycles. The van der Waals surface area contributed by atoms with Crippen molar-refractivity contribution in [3.8, 4) is 0 Å². The van der Waals surface area contributed by atoms with E-state index in [1.165, 1.54) is 0 Å². The SMILES string of the molecule is O=C(c1ccc(Br)cc1S)N1C2CCC1CC(O)C2. The van der Waals surface area contributed by atoms with E-state index in [9.17, 15) is 9.90 Å². The lowest BCUT2D eigenvalue weighted by Crippen LogP contribution is -2.48. The van der Waals surface area contributed by atoms with E-state index in [1.807, 2.05) is 23.1 Å². The molecule has 2 aliphatic rings. The number of benzene rings is 1. The third-order valence-electron chi connectivity index (χ3n) is 4.13. The molecule has 5 heteroatoms. The molecule has 0 saturated carbocycles. The lowest BCUT2D eigenvalue weighted by molar-refractivity contribution is 0.0284. The Hall–Kier alpha value is -0.520.